The highest BCUT2D eigenvalue weighted by Crippen LogP contribution is 2.26. The number of hydrogen-bond acceptors (Lipinski definition) is 5. The number of carbonyl (C=O) groups excluding carboxylic acids is 1. The number of carbonyl (C=O) groups is 1. The molecule has 26 heavy (non-hydrogen) atoms. The molecule has 138 valence electrons. The first-order valence-corrected chi connectivity index (χ1v) is 9.08. The van der Waals surface area contributed by atoms with Gasteiger partial charge in [0.2, 0.25) is 5.91 Å². The van der Waals surface area contributed by atoms with Crippen LogP contribution in [0.3, 0.4) is 0 Å². The molecule has 0 aliphatic carbocycles. The number of hydrogen-bond donors (Lipinski definition) is 0. The van der Waals surface area contributed by atoms with Gasteiger partial charge in [0.15, 0.2) is 0 Å². The van der Waals surface area contributed by atoms with Crippen molar-refractivity contribution in [3.63, 3.8) is 0 Å². The molecular formula is C19H23N3O3S. The molecule has 0 bridgehead atoms. The molecule has 0 heterocycles. The van der Waals surface area contributed by atoms with E-state index in [4.69, 9.17) is 0 Å². The molecule has 2 aromatic carbocycles. The van der Waals surface area contributed by atoms with Gasteiger partial charge in [-0.3, -0.25) is 14.9 Å². The van der Waals surface area contributed by atoms with Gasteiger partial charge in [0.05, 0.1) is 10.2 Å². The number of non-ortho nitro benzene ring substituents is 1. The van der Waals surface area contributed by atoms with Gasteiger partial charge < -0.3 is 9.80 Å². The minimum Gasteiger partial charge on any atom is -0.378 e. The van der Waals surface area contributed by atoms with Gasteiger partial charge in [0.1, 0.15) is 0 Å². The van der Waals surface area contributed by atoms with Gasteiger partial charge in [0, 0.05) is 50.4 Å². The van der Waals surface area contributed by atoms with Crippen LogP contribution in [0.15, 0.2) is 53.4 Å². The van der Waals surface area contributed by atoms with E-state index in [9.17, 15) is 14.9 Å². The van der Waals surface area contributed by atoms with E-state index in [2.05, 4.69) is 0 Å². The summed E-state index contributed by atoms with van der Waals surface area (Å²) in [5, 5.41) is 10.4. The first kappa shape index (κ1) is 19.8. The highest BCUT2D eigenvalue weighted by Gasteiger charge is 2.19. The molecule has 2 rings (SSSR count). The van der Waals surface area contributed by atoms with Crippen LogP contribution in [0, 0.1) is 10.1 Å². The third-order valence-corrected chi connectivity index (χ3v) is 5.06. The van der Waals surface area contributed by atoms with Crippen molar-refractivity contribution in [1.82, 2.24) is 4.90 Å². The lowest BCUT2D eigenvalue weighted by atomic mass is 10.2. The summed E-state index contributed by atoms with van der Waals surface area (Å²) in [5.41, 5.74) is 2.23. The van der Waals surface area contributed by atoms with Crippen molar-refractivity contribution in [3.8, 4) is 0 Å². The molecule has 0 aliphatic rings. The Kier molecular flexibility index (Phi) is 6.63. The average Bonchev–Trinajstić information content (AvgIpc) is 2.61. The van der Waals surface area contributed by atoms with Crippen LogP contribution >= 0.6 is 11.8 Å². The summed E-state index contributed by atoms with van der Waals surface area (Å²) in [5.74, 6) is 0.0186. The molecule has 1 atom stereocenters. The summed E-state index contributed by atoms with van der Waals surface area (Å²) in [6.45, 7) is 2.39. The Morgan fingerprint density at radius 2 is 1.65 bits per heavy atom. The van der Waals surface area contributed by atoms with Gasteiger partial charge in [-0.15, -0.1) is 11.8 Å². The van der Waals surface area contributed by atoms with Crippen LogP contribution in [0.25, 0.3) is 0 Å². The maximum atomic E-state index is 12.6. The monoisotopic (exact) mass is 373 g/mol. The van der Waals surface area contributed by atoms with Crippen LogP contribution in [-0.2, 0) is 11.3 Å². The maximum Gasteiger partial charge on any atom is 0.269 e. The van der Waals surface area contributed by atoms with Crippen molar-refractivity contribution < 1.29 is 9.72 Å². The van der Waals surface area contributed by atoms with Crippen LogP contribution in [0.5, 0.6) is 0 Å². The number of nitrogens with zero attached hydrogens (tertiary/aromatic N) is 3. The largest absolute Gasteiger partial charge is 0.378 e. The molecule has 0 N–H and O–H groups in total. The zero-order chi connectivity index (χ0) is 19.3. The number of benzene rings is 2. The number of anilines is 1. The van der Waals surface area contributed by atoms with Crippen molar-refractivity contribution in [2.24, 2.45) is 0 Å². The lowest BCUT2D eigenvalue weighted by molar-refractivity contribution is -0.384. The van der Waals surface area contributed by atoms with Gasteiger partial charge in [0.25, 0.3) is 5.69 Å². The van der Waals surface area contributed by atoms with Gasteiger partial charge in [-0.05, 0) is 36.8 Å². The highest BCUT2D eigenvalue weighted by atomic mass is 32.2. The molecule has 7 heteroatoms. The zero-order valence-corrected chi connectivity index (χ0v) is 16.2. The second kappa shape index (κ2) is 8.71. The smallest absolute Gasteiger partial charge is 0.269 e. The minimum absolute atomic E-state index is 0.0186. The first-order valence-electron chi connectivity index (χ1n) is 8.20. The van der Waals surface area contributed by atoms with Crippen molar-refractivity contribution >= 4 is 29.0 Å². The van der Waals surface area contributed by atoms with E-state index >= 15 is 0 Å². The Balaban J connectivity index is 1.94. The molecule has 2 aromatic rings. The van der Waals surface area contributed by atoms with Gasteiger partial charge in [-0.2, -0.15) is 0 Å². The van der Waals surface area contributed by atoms with Crippen molar-refractivity contribution in [1.29, 1.82) is 0 Å². The second-order valence-corrected chi connectivity index (χ2v) is 7.68. The Morgan fingerprint density at radius 1 is 1.08 bits per heavy atom. The Hall–Kier alpha value is -2.54. The molecule has 0 aromatic heterocycles. The molecule has 6 nitrogen and oxygen atoms in total. The molecule has 0 spiro atoms. The minimum atomic E-state index is -0.432. The fourth-order valence-corrected chi connectivity index (χ4v) is 3.44. The molecule has 0 saturated carbocycles. The zero-order valence-electron chi connectivity index (χ0n) is 15.4. The number of rotatable bonds is 7. The molecular weight excluding hydrogens is 350 g/mol. The number of nitro groups is 1. The van der Waals surface area contributed by atoms with Crippen LogP contribution in [0.1, 0.15) is 12.5 Å². The van der Waals surface area contributed by atoms with E-state index in [0.29, 0.717) is 6.54 Å². The number of amides is 1. The predicted molar refractivity (Wildman–Crippen MR) is 106 cm³/mol. The van der Waals surface area contributed by atoms with Gasteiger partial charge >= 0.3 is 0 Å². The Labute approximate surface area is 158 Å². The first-order chi connectivity index (χ1) is 12.3. The van der Waals surface area contributed by atoms with Crippen molar-refractivity contribution in [2.75, 3.05) is 26.0 Å². The molecule has 1 unspecified atom stereocenters. The van der Waals surface area contributed by atoms with E-state index in [1.165, 1.54) is 23.9 Å². The Bertz CT molecular complexity index is 761. The topological polar surface area (TPSA) is 66.7 Å². The maximum absolute atomic E-state index is 12.6. The number of thioether (sulfide) groups is 1. The standard InChI is InChI=1S/C19H23N3O3S/c1-14(26-18-11-9-17(10-12-18)22(24)25)19(23)21(4)13-15-5-7-16(8-6-15)20(2)3/h5-12,14H,13H2,1-4H3. The van der Waals surface area contributed by atoms with Crippen LogP contribution < -0.4 is 4.90 Å². The van der Waals surface area contributed by atoms with Crippen LogP contribution in [0.2, 0.25) is 0 Å². The molecule has 0 fully saturated rings. The molecule has 0 saturated heterocycles. The van der Waals surface area contributed by atoms with E-state index in [0.717, 1.165) is 16.1 Å². The van der Waals surface area contributed by atoms with E-state index in [1.807, 2.05) is 50.2 Å². The lowest BCUT2D eigenvalue weighted by Crippen LogP contribution is -2.32. The fraction of sp³-hybridized carbons (Fsp3) is 0.316. The van der Waals surface area contributed by atoms with Crippen molar-refractivity contribution in [2.45, 2.75) is 23.6 Å². The third kappa shape index (κ3) is 5.23. The molecule has 0 radical (unpaired) electrons. The van der Waals surface area contributed by atoms with E-state index in [1.54, 1.807) is 24.1 Å². The summed E-state index contributed by atoms with van der Waals surface area (Å²) in [4.78, 5) is 27.4. The lowest BCUT2D eigenvalue weighted by Gasteiger charge is -2.22. The summed E-state index contributed by atoms with van der Waals surface area (Å²) < 4.78 is 0. The summed E-state index contributed by atoms with van der Waals surface area (Å²) in [6.07, 6.45) is 0. The normalized spacial score (nSPS) is 11.7. The average molecular weight is 373 g/mol. The van der Waals surface area contributed by atoms with Crippen LogP contribution in [-0.4, -0.2) is 42.1 Å². The number of nitro benzene ring substituents is 1. The highest BCUT2D eigenvalue weighted by molar-refractivity contribution is 8.00. The van der Waals surface area contributed by atoms with Gasteiger partial charge in [-0.1, -0.05) is 12.1 Å². The van der Waals surface area contributed by atoms with Crippen LogP contribution in [0.4, 0.5) is 11.4 Å². The Morgan fingerprint density at radius 3 is 2.15 bits per heavy atom. The predicted octanol–water partition coefficient (Wildman–Crippen LogP) is 3.80. The summed E-state index contributed by atoms with van der Waals surface area (Å²) in [7, 11) is 5.76. The van der Waals surface area contributed by atoms with E-state index < -0.39 is 4.92 Å². The molecule has 0 aliphatic heterocycles. The summed E-state index contributed by atoms with van der Waals surface area (Å²) >= 11 is 1.40. The molecule has 1 amide bonds. The third-order valence-electron chi connectivity index (χ3n) is 3.96. The SMILES string of the molecule is CC(Sc1ccc([N+](=O)[O-])cc1)C(=O)N(C)Cc1ccc(N(C)C)cc1. The summed E-state index contributed by atoms with van der Waals surface area (Å²) in [6, 6.07) is 14.4. The second-order valence-electron chi connectivity index (χ2n) is 6.27. The quantitative estimate of drug-likeness (QED) is 0.419. The van der Waals surface area contributed by atoms with Gasteiger partial charge in [-0.25, -0.2) is 0 Å². The van der Waals surface area contributed by atoms with Crippen molar-refractivity contribution in [3.05, 3.63) is 64.2 Å². The van der Waals surface area contributed by atoms with E-state index in [-0.39, 0.29) is 16.8 Å². The fourth-order valence-electron chi connectivity index (χ4n) is 2.46.